The first kappa shape index (κ1) is 9.90. The average Bonchev–Trinajstić information content (AvgIpc) is 2.49. The number of fused-ring (bicyclic) bond motifs is 1. The molecule has 0 saturated heterocycles. The lowest BCUT2D eigenvalue weighted by Gasteiger charge is -2.02. The predicted octanol–water partition coefficient (Wildman–Crippen LogP) is 4.67. The number of thiophene rings is 1. The van der Waals surface area contributed by atoms with Crippen molar-refractivity contribution in [3.63, 3.8) is 0 Å². The molecule has 1 heterocycles. The summed E-state index contributed by atoms with van der Waals surface area (Å²) in [5.41, 5.74) is 0. The lowest BCUT2D eigenvalue weighted by molar-refractivity contribution is 1.32. The fourth-order valence-electron chi connectivity index (χ4n) is 1.22. The Labute approximate surface area is 99.3 Å². The van der Waals surface area contributed by atoms with Crippen molar-refractivity contribution in [2.24, 2.45) is 0 Å². The summed E-state index contributed by atoms with van der Waals surface area (Å²) in [6.45, 7) is 0. The van der Waals surface area contributed by atoms with E-state index in [0.717, 1.165) is 9.37 Å². The SMILES string of the molecule is CSc1ccc2scc(Br)c2c1S. The maximum absolute atomic E-state index is 4.54. The molecular formula is C9H7BrS3. The molecule has 0 radical (unpaired) electrons. The van der Waals surface area contributed by atoms with Gasteiger partial charge in [-0.1, -0.05) is 0 Å². The highest BCUT2D eigenvalue weighted by atomic mass is 79.9. The Balaban J connectivity index is 2.83. The number of thiol groups is 1. The van der Waals surface area contributed by atoms with Gasteiger partial charge in [-0.25, -0.2) is 0 Å². The molecule has 1 aromatic heterocycles. The van der Waals surface area contributed by atoms with Crippen LogP contribution in [0.25, 0.3) is 10.1 Å². The lowest BCUT2D eigenvalue weighted by Crippen LogP contribution is -1.75. The molecule has 0 aliphatic heterocycles. The van der Waals surface area contributed by atoms with Crippen LogP contribution in [0.1, 0.15) is 0 Å². The molecule has 0 fully saturated rings. The molecule has 2 aromatic rings. The van der Waals surface area contributed by atoms with E-state index in [2.05, 4.69) is 52.3 Å². The van der Waals surface area contributed by atoms with Gasteiger partial charge in [-0.15, -0.1) is 35.7 Å². The van der Waals surface area contributed by atoms with E-state index in [4.69, 9.17) is 0 Å². The van der Waals surface area contributed by atoms with Gasteiger partial charge in [-0.3, -0.25) is 0 Å². The first-order valence-electron chi connectivity index (χ1n) is 3.66. The van der Waals surface area contributed by atoms with Gasteiger partial charge in [-0.2, -0.15) is 0 Å². The fourth-order valence-corrected chi connectivity index (χ4v) is 4.19. The summed E-state index contributed by atoms with van der Waals surface area (Å²) in [6, 6.07) is 4.27. The number of hydrogen-bond donors (Lipinski definition) is 1. The van der Waals surface area contributed by atoms with Gasteiger partial charge >= 0.3 is 0 Å². The van der Waals surface area contributed by atoms with Crippen LogP contribution < -0.4 is 0 Å². The van der Waals surface area contributed by atoms with Crippen LogP contribution in [0.15, 0.2) is 31.8 Å². The van der Waals surface area contributed by atoms with Gasteiger partial charge in [-0.05, 0) is 34.3 Å². The van der Waals surface area contributed by atoms with E-state index in [1.54, 1.807) is 23.1 Å². The highest BCUT2D eigenvalue weighted by Gasteiger charge is 2.08. The molecule has 2 rings (SSSR count). The normalized spacial score (nSPS) is 11.0. The lowest BCUT2D eigenvalue weighted by atomic mass is 10.3. The molecule has 0 aliphatic carbocycles. The largest absolute Gasteiger partial charge is 0.143 e. The first-order chi connectivity index (χ1) is 6.24. The third-order valence-corrected chi connectivity index (χ3v) is 5.12. The van der Waals surface area contributed by atoms with E-state index in [9.17, 15) is 0 Å². The van der Waals surface area contributed by atoms with E-state index in [1.807, 2.05) is 0 Å². The van der Waals surface area contributed by atoms with E-state index < -0.39 is 0 Å². The summed E-state index contributed by atoms with van der Waals surface area (Å²) < 4.78 is 2.43. The number of thioether (sulfide) groups is 1. The Morgan fingerprint density at radius 3 is 2.92 bits per heavy atom. The van der Waals surface area contributed by atoms with Crippen LogP contribution in [-0.4, -0.2) is 6.26 Å². The van der Waals surface area contributed by atoms with Crippen molar-refractivity contribution in [1.29, 1.82) is 0 Å². The first-order valence-corrected chi connectivity index (χ1v) is 7.01. The van der Waals surface area contributed by atoms with Crippen LogP contribution in [0.3, 0.4) is 0 Å². The van der Waals surface area contributed by atoms with Crippen molar-refractivity contribution < 1.29 is 0 Å². The molecule has 4 heteroatoms. The van der Waals surface area contributed by atoms with Gasteiger partial charge < -0.3 is 0 Å². The third-order valence-electron chi connectivity index (χ3n) is 1.85. The Morgan fingerprint density at radius 2 is 2.23 bits per heavy atom. The highest BCUT2D eigenvalue weighted by molar-refractivity contribution is 9.10. The van der Waals surface area contributed by atoms with Crippen molar-refractivity contribution in [3.8, 4) is 0 Å². The second-order valence-corrected chi connectivity index (χ2v) is 5.63. The zero-order valence-electron chi connectivity index (χ0n) is 6.87. The van der Waals surface area contributed by atoms with Gasteiger partial charge in [0, 0.05) is 29.7 Å². The van der Waals surface area contributed by atoms with Gasteiger partial charge in [0.05, 0.1) is 0 Å². The molecule has 0 nitrogen and oxygen atoms in total. The van der Waals surface area contributed by atoms with E-state index in [-0.39, 0.29) is 0 Å². The molecule has 68 valence electrons. The van der Waals surface area contributed by atoms with Crippen molar-refractivity contribution in [3.05, 3.63) is 22.0 Å². The maximum atomic E-state index is 4.54. The van der Waals surface area contributed by atoms with Crippen molar-refractivity contribution >= 4 is 61.7 Å². The Hall–Kier alpha value is 0.360. The monoisotopic (exact) mass is 290 g/mol. The Bertz CT molecular complexity index is 447. The topological polar surface area (TPSA) is 0 Å². The molecule has 1 aromatic carbocycles. The van der Waals surface area contributed by atoms with Gasteiger partial charge in [0.15, 0.2) is 0 Å². The molecular weight excluding hydrogens is 284 g/mol. The van der Waals surface area contributed by atoms with Crippen LogP contribution in [0.2, 0.25) is 0 Å². The van der Waals surface area contributed by atoms with E-state index >= 15 is 0 Å². The molecule has 13 heavy (non-hydrogen) atoms. The third kappa shape index (κ3) is 1.65. The number of hydrogen-bond acceptors (Lipinski definition) is 3. The zero-order valence-corrected chi connectivity index (χ0v) is 11.0. The maximum Gasteiger partial charge on any atom is 0.0372 e. The summed E-state index contributed by atoms with van der Waals surface area (Å²) in [5, 5.41) is 3.34. The van der Waals surface area contributed by atoms with Crippen LogP contribution in [0.4, 0.5) is 0 Å². The second-order valence-electron chi connectivity index (χ2n) is 2.57. The summed E-state index contributed by atoms with van der Waals surface area (Å²) in [6.07, 6.45) is 2.07. The van der Waals surface area contributed by atoms with Crippen molar-refractivity contribution in [2.45, 2.75) is 9.79 Å². The summed E-state index contributed by atoms with van der Waals surface area (Å²) >= 11 is 11.5. The molecule has 0 bridgehead atoms. The standard InChI is InChI=1S/C9H7BrS3/c1-12-7-3-2-6-8(9(7)11)5(10)4-13-6/h2-4,11H,1H3. The van der Waals surface area contributed by atoms with Crippen molar-refractivity contribution in [1.82, 2.24) is 0 Å². The van der Waals surface area contributed by atoms with E-state index in [1.165, 1.54) is 15.0 Å². The van der Waals surface area contributed by atoms with Crippen LogP contribution in [-0.2, 0) is 0 Å². The summed E-state index contributed by atoms with van der Waals surface area (Å²) in [5.74, 6) is 0. The molecule has 0 N–H and O–H groups in total. The number of halogens is 1. The molecule has 0 saturated carbocycles. The van der Waals surface area contributed by atoms with Gasteiger partial charge in [0.2, 0.25) is 0 Å². The van der Waals surface area contributed by atoms with Crippen molar-refractivity contribution in [2.75, 3.05) is 6.26 Å². The minimum absolute atomic E-state index is 1.08. The van der Waals surface area contributed by atoms with Gasteiger partial charge in [0.25, 0.3) is 0 Å². The Morgan fingerprint density at radius 1 is 1.46 bits per heavy atom. The fraction of sp³-hybridized carbons (Fsp3) is 0.111. The predicted molar refractivity (Wildman–Crippen MR) is 68.6 cm³/mol. The molecule has 0 unspecified atom stereocenters. The quantitative estimate of drug-likeness (QED) is 0.588. The second kappa shape index (κ2) is 3.85. The highest BCUT2D eigenvalue weighted by Crippen LogP contribution is 2.38. The average molecular weight is 291 g/mol. The van der Waals surface area contributed by atoms with Crippen LogP contribution in [0, 0.1) is 0 Å². The molecule has 0 amide bonds. The minimum Gasteiger partial charge on any atom is -0.143 e. The summed E-state index contributed by atoms with van der Waals surface area (Å²) in [7, 11) is 0. The van der Waals surface area contributed by atoms with Crippen LogP contribution in [0.5, 0.6) is 0 Å². The zero-order chi connectivity index (χ0) is 9.42. The molecule has 0 aliphatic rings. The summed E-state index contributed by atoms with van der Waals surface area (Å²) in [4.78, 5) is 2.31. The smallest absolute Gasteiger partial charge is 0.0372 e. The van der Waals surface area contributed by atoms with E-state index in [0.29, 0.717) is 0 Å². The number of rotatable bonds is 1. The number of benzene rings is 1. The van der Waals surface area contributed by atoms with Crippen LogP contribution >= 0.6 is 51.7 Å². The molecule has 0 spiro atoms. The molecule has 0 atom stereocenters. The Kier molecular flexibility index (Phi) is 2.93. The van der Waals surface area contributed by atoms with Gasteiger partial charge in [0.1, 0.15) is 0 Å². The minimum atomic E-state index is 1.08.